The molecule has 2 aromatic carbocycles. The van der Waals surface area contributed by atoms with Gasteiger partial charge in [-0.1, -0.05) is 36.4 Å². The molecule has 3 rings (SSSR count). The standard InChI is InChI=1S/C21H22N2O4S/c24-19(23-21(26)22-12-15-5-2-1-3-6-15)13-27-20(25)14-28-18-10-9-16-7-4-8-17(16)11-18/h1-3,5-6,9-11H,4,7-8,12-14H2,(H2,22,23,24,26). The molecule has 1 aliphatic rings. The van der Waals surface area contributed by atoms with Crippen molar-refractivity contribution in [3.8, 4) is 0 Å². The Bertz CT molecular complexity index is 855. The Kier molecular flexibility index (Phi) is 7.08. The SMILES string of the molecule is O=C(COC(=O)CSc1ccc2c(c1)CCC2)NC(=O)NCc1ccccc1. The van der Waals surface area contributed by atoms with Crippen LogP contribution in [0.3, 0.4) is 0 Å². The third kappa shape index (κ3) is 6.13. The molecule has 0 saturated heterocycles. The van der Waals surface area contributed by atoms with Crippen molar-refractivity contribution in [1.82, 2.24) is 10.6 Å². The van der Waals surface area contributed by atoms with E-state index in [0.717, 1.165) is 23.3 Å². The van der Waals surface area contributed by atoms with Crippen LogP contribution in [0.15, 0.2) is 53.4 Å². The first-order valence-electron chi connectivity index (χ1n) is 9.12. The second-order valence-corrected chi connectivity index (χ2v) is 7.50. The molecule has 0 heterocycles. The fourth-order valence-corrected chi connectivity index (χ4v) is 3.71. The van der Waals surface area contributed by atoms with E-state index >= 15 is 0 Å². The van der Waals surface area contributed by atoms with Crippen LogP contribution in [-0.2, 0) is 33.7 Å². The summed E-state index contributed by atoms with van der Waals surface area (Å²) in [6.45, 7) is -0.181. The normalized spacial score (nSPS) is 12.1. The summed E-state index contributed by atoms with van der Waals surface area (Å²) >= 11 is 1.38. The summed E-state index contributed by atoms with van der Waals surface area (Å²) in [5.74, 6) is -1.04. The number of ether oxygens (including phenoxy) is 1. The number of rotatable bonds is 7. The molecule has 146 valence electrons. The molecule has 0 aromatic heterocycles. The minimum Gasteiger partial charge on any atom is -0.455 e. The fourth-order valence-electron chi connectivity index (χ4n) is 2.95. The average molecular weight is 398 g/mol. The number of aryl methyl sites for hydroxylation is 2. The van der Waals surface area contributed by atoms with Gasteiger partial charge in [-0.25, -0.2) is 4.79 Å². The number of hydrogen-bond donors (Lipinski definition) is 2. The van der Waals surface area contributed by atoms with Crippen molar-refractivity contribution in [2.24, 2.45) is 0 Å². The van der Waals surface area contributed by atoms with Gasteiger partial charge in [-0.3, -0.25) is 14.9 Å². The quantitative estimate of drug-likeness (QED) is 0.553. The molecule has 0 fully saturated rings. The predicted octanol–water partition coefficient (Wildman–Crippen LogP) is 2.84. The van der Waals surface area contributed by atoms with Crippen LogP contribution in [0.1, 0.15) is 23.1 Å². The Morgan fingerprint density at radius 3 is 2.61 bits per heavy atom. The molecule has 3 amide bonds. The number of carbonyl (C=O) groups excluding carboxylic acids is 3. The van der Waals surface area contributed by atoms with E-state index in [2.05, 4.69) is 22.8 Å². The van der Waals surface area contributed by atoms with E-state index < -0.39 is 24.5 Å². The van der Waals surface area contributed by atoms with E-state index in [9.17, 15) is 14.4 Å². The lowest BCUT2D eigenvalue weighted by molar-refractivity contribution is -0.145. The number of amides is 3. The van der Waals surface area contributed by atoms with Crippen LogP contribution >= 0.6 is 11.8 Å². The lowest BCUT2D eigenvalue weighted by Gasteiger charge is -2.08. The molecule has 28 heavy (non-hydrogen) atoms. The van der Waals surface area contributed by atoms with Gasteiger partial charge in [0.1, 0.15) is 0 Å². The molecule has 7 heteroatoms. The molecule has 0 atom stereocenters. The molecular weight excluding hydrogens is 376 g/mol. The molecule has 0 aliphatic heterocycles. The summed E-state index contributed by atoms with van der Waals surface area (Å²) in [4.78, 5) is 36.2. The number of imide groups is 1. The Labute approximate surface area is 168 Å². The third-order valence-electron chi connectivity index (χ3n) is 4.34. The zero-order valence-corrected chi connectivity index (χ0v) is 16.2. The Balaban J connectivity index is 1.32. The minimum atomic E-state index is -0.665. The smallest absolute Gasteiger partial charge is 0.321 e. The summed E-state index contributed by atoms with van der Waals surface area (Å²) in [6, 6.07) is 14.9. The monoisotopic (exact) mass is 398 g/mol. The minimum absolute atomic E-state index is 0.117. The molecule has 6 nitrogen and oxygen atoms in total. The summed E-state index contributed by atoms with van der Waals surface area (Å²) in [5.41, 5.74) is 3.65. The number of nitrogens with one attached hydrogen (secondary N) is 2. The molecule has 0 unspecified atom stereocenters. The van der Waals surface area contributed by atoms with Gasteiger partial charge in [0.25, 0.3) is 5.91 Å². The van der Waals surface area contributed by atoms with Crippen LogP contribution in [0, 0.1) is 0 Å². The van der Waals surface area contributed by atoms with Crippen LogP contribution in [0.25, 0.3) is 0 Å². The van der Waals surface area contributed by atoms with Crippen LogP contribution in [0.2, 0.25) is 0 Å². The maximum absolute atomic E-state index is 11.8. The summed E-state index contributed by atoms with van der Waals surface area (Å²) in [6.07, 6.45) is 3.39. The molecule has 2 N–H and O–H groups in total. The largest absolute Gasteiger partial charge is 0.455 e. The van der Waals surface area contributed by atoms with E-state index in [0.29, 0.717) is 6.54 Å². The number of esters is 1. The van der Waals surface area contributed by atoms with Gasteiger partial charge in [-0.2, -0.15) is 0 Å². The third-order valence-corrected chi connectivity index (χ3v) is 5.31. The van der Waals surface area contributed by atoms with Gasteiger partial charge < -0.3 is 10.1 Å². The van der Waals surface area contributed by atoms with E-state index in [1.165, 1.54) is 29.3 Å². The molecule has 0 radical (unpaired) electrons. The van der Waals surface area contributed by atoms with Crippen molar-refractivity contribution in [3.63, 3.8) is 0 Å². The van der Waals surface area contributed by atoms with E-state index in [1.807, 2.05) is 36.4 Å². The second kappa shape index (κ2) is 9.94. The zero-order chi connectivity index (χ0) is 19.8. The van der Waals surface area contributed by atoms with Gasteiger partial charge in [-0.05, 0) is 48.1 Å². The van der Waals surface area contributed by atoms with E-state index in [-0.39, 0.29) is 5.75 Å². The van der Waals surface area contributed by atoms with Crippen molar-refractivity contribution in [1.29, 1.82) is 0 Å². The number of fused-ring (bicyclic) bond motifs is 1. The highest BCUT2D eigenvalue weighted by Crippen LogP contribution is 2.27. The highest BCUT2D eigenvalue weighted by molar-refractivity contribution is 8.00. The van der Waals surface area contributed by atoms with Crippen molar-refractivity contribution in [2.45, 2.75) is 30.7 Å². The Morgan fingerprint density at radius 2 is 1.79 bits per heavy atom. The Hall–Kier alpha value is -2.80. The first-order valence-corrected chi connectivity index (χ1v) is 10.1. The average Bonchev–Trinajstić information content (AvgIpc) is 3.18. The number of benzene rings is 2. The molecule has 1 aliphatic carbocycles. The van der Waals surface area contributed by atoms with E-state index in [4.69, 9.17) is 4.74 Å². The van der Waals surface area contributed by atoms with Crippen LogP contribution < -0.4 is 10.6 Å². The van der Waals surface area contributed by atoms with Gasteiger partial charge in [0.15, 0.2) is 6.61 Å². The summed E-state index contributed by atoms with van der Waals surface area (Å²) in [5, 5.41) is 4.70. The van der Waals surface area contributed by atoms with Gasteiger partial charge in [0.05, 0.1) is 5.75 Å². The first kappa shape index (κ1) is 19.9. The van der Waals surface area contributed by atoms with Crippen LogP contribution in [0.5, 0.6) is 0 Å². The topological polar surface area (TPSA) is 84.5 Å². The lowest BCUT2D eigenvalue weighted by atomic mass is 10.1. The van der Waals surface area contributed by atoms with Crippen LogP contribution in [-0.4, -0.2) is 30.3 Å². The highest BCUT2D eigenvalue weighted by Gasteiger charge is 2.13. The van der Waals surface area contributed by atoms with Crippen molar-refractivity contribution in [3.05, 3.63) is 65.2 Å². The highest BCUT2D eigenvalue weighted by atomic mass is 32.2. The molecule has 2 aromatic rings. The molecule has 0 saturated carbocycles. The van der Waals surface area contributed by atoms with Crippen LogP contribution in [0.4, 0.5) is 4.79 Å². The number of urea groups is 1. The molecular formula is C21H22N2O4S. The van der Waals surface area contributed by atoms with Gasteiger partial charge in [0, 0.05) is 11.4 Å². The maximum Gasteiger partial charge on any atom is 0.321 e. The first-order chi connectivity index (χ1) is 13.6. The van der Waals surface area contributed by atoms with Gasteiger partial charge >= 0.3 is 12.0 Å². The fraction of sp³-hybridized carbons (Fsp3) is 0.286. The lowest BCUT2D eigenvalue weighted by Crippen LogP contribution is -2.41. The van der Waals surface area contributed by atoms with Crippen molar-refractivity contribution < 1.29 is 19.1 Å². The molecule has 0 spiro atoms. The second-order valence-electron chi connectivity index (χ2n) is 6.45. The summed E-state index contributed by atoms with van der Waals surface area (Å²) < 4.78 is 4.93. The Morgan fingerprint density at radius 1 is 1.00 bits per heavy atom. The van der Waals surface area contributed by atoms with Crippen molar-refractivity contribution in [2.75, 3.05) is 12.4 Å². The number of carbonyl (C=O) groups is 3. The predicted molar refractivity (Wildman–Crippen MR) is 107 cm³/mol. The van der Waals surface area contributed by atoms with E-state index in [1.54, 1.807) is 0 Å². The summed E-state index contributed by atoms with van der Waals surface area (Å²) in [7, 11) is 0. The number of thioether (sulfide) groups is 1. The van der Waals surface area contributed by atoms with Gasteiger partial charge in [-0.15, -0.1) is 11.8 Å². The zero-order valence-electron chi connectivity index (χ0n) is 15.4. The van der Waals surface area contributed by atoms with Gasteiger partial charge in [0.2, 0.25) is 0 Å². The molecule has 0 bridgehead atoms. The maximum atomic E-state index is 11.8. The number of hydrogen-bond acceptors (Lipinski definition) is 5. The van der Waals surface area contributed by atoms with Crippen molar-refractivity contribution >= 4 is 29.7 Å².